The standard InChI is InChI=1S/C19H31N3O2/c1-14-7-4-5-11-19(14)17(23)22(18(24)20-19)13-21-12-6-9-15-8-2-3-10-16(15)21/h14-16H,2-13H2,1H3,(H,20,24). The summed E-state index contributed by atoms with van der Waals surface area (Å²) in [4.78, 5) is 29.7. The number of hydrogen-bond acceptors (Lipinski definition) is 3. The van der Waals surface area contributed by atoms with Gasteiger partial charge < -0.3 is 5.32 Å². The Hall–Kier alpha value is -1.10. The number of carbonyl (C=O) groups excluding carboxylic acids is 2. The van der Waals surface area contributed by atoms with Crippen LogP contribution in [-0.4, -0.2) is 46.5 Å². The first-order valence-corrected chi connectivity index (χ1v) is 10.00. The Bertz CT molecular complexity index is 521. The molecule has 0 radical (unpaired) electrons. The summed E-state index contributed by atoms with van der Waals surface area (Å²) in [6.07, 6.45) is 11.8. The van der Waals surface area contributed by atoms with Crippen LogP contribution in [0.5, 0.6) is 0 Å². The molecule has 5 heteroatoms. The van der Waals surface area contributed by atoms with Crippen LogP contribution >= 0.6 is 0 Å². The van der Waals surface area contributed by atoms with Crippen molar-refractivity contribution in [1.82, 2.24) is 15.1 Å². The van der Waals surface area contributed by atoms with E-state index in [2.05, 4.69) is 17.1 Å². The zero-order chi connectivity index (χ0) is 16.7. The minimum absolute atomic E-state index is 0.0395. The van der Waals surface area contributed by atoms with Crippen LogP contribution in [0.15, 0.2) is 0 Å². The lowest BCUT2D eigenvalue weighted by molar-refractivity contribution is -0.136. The Morgan fingerprint density at radius 1 is 1.04 bits per heavy atom. The molecule has 24 heavy (non-hydrogen) atoms. The largest absolute Gasteiger partial charge is 0.326 e. The first-order chi connectivity index (χ1) is 11.6. The Kier molecular flexibility index (Phi) is 4.31. The van der Waals surface area contributed by atoms with Gasteiger partial charge in [0.05, 0.1) is 6.67 Å². The van der Waals surface area contributed by atoms with Gasteiger partial charge in [-0.15, -0.1) is 0 Å². The molecular weight excluding hydrogens is 302 g/mol. The van der Waals surface area contributed by atoms with Crippen molar-refractivity contribution in [2.24, 2.45) is 11.8 Å². The quantitative estimate of drug-likeness (QED) is 0.790. The number of hydrogen-bond donors (Lipinski definition) is 1. The zero-order valence-corrected chi connectivity index (χ0v) is 14.9. The maximum absolute atomic E-state index is 13.2. The van der Waals surface area contributed by atoms with Gasteiger partial charge in [0.1, 0.15) is 5.54 Å². The Morgan fingerprint density at radius 3 is 2.62 bits per heavy atom. The van der Waals surface area contributed by atoms with Crippen LogP contribution < -0.4 is 5.32 Å². The molecule has 0 aromatic heterocycles. The lowest BCUT2D eigenvalue weighted by Crippen LogP contribution is -2.55. The van der Waals surface area contributed by atoms with Crippen molar-refractivity contribution in [3.05, 3.63) is 0 Å². The number of carbonyl (C=O) groups is 2. The molecule has 0 aromatic rings. The molecule has 2 saturated heterocycles. The number of piperidine rings is 1. The summed E-state index contributed by atoms with van der Waals surface area (Å²) in [5, 5.41) is 3.09. The number of nitrogens with one attached hydrogen (secondary N) is 1. The fraction of sp³-hybridized carbons (Fsp3) is 0.895. The highest BCUT2D eigenvalue weighted by Gasteiger charge is 2.55. The lowest BCUT2D eigenvalue weighted by Gasteiger charge is -2.45. The van der Waals surface area contributed by atoms with Gasteiger partial charge >= 0.3 is 6.03 Å². The molecule has 1 spiro atoms. The number of urea groups is 1. The van der Waals surface area contributed by atoms with Crippen molar-refractivity contribution >= 4 is 11.9 Å². The van der Waals surface area contributed by atoms with Crippen LogP contribution in [-0.2, 0) is 4.79 Å². The minimum Gasteiger partial charge on any atom is -0.323 e. The fourth-order valence-corrected chi connectivity index (χ4v) is 5.71. The summed E-state index contributed by atoms with van der Waals surface area (Å²) in [7, 11) is 0. The molecule has 4 rings (SSSR count). The van der Waals surface area contributed by atoms with E-state index in [1.165, 1.54) is 49.8 Å². The van der Waals surface area contributed by atoms with E-state index in [1.54, 1.807) is 0 Å². The molecular formula is C19H31N3O2. The third kappa shape index (κ3) is 2.56. The van der Waals surface area contributed by atoms with Gasteiger partial charge in [-0.1, -0.05) is 32.6 Å². The highest BCUT2D eigenvalue weighted by atomic mass is 16.2. The summed E-state index contributed by atoms with van der Waals surface area (Å²) >= 11 is 0. The van der Waals surface area contributed by atoms with Gasteiger partial charge in [0.25, 0.3) is 5.91 Å². The van der Waals surface area contributed by atoms with Gasteiger partial charge in [0.2, 0.25) is 0 Å². The third-order valence-electron chi connectivity index (χ3n) is 7.18. The predicted molar refractivity (Wildman–Crippen MR) is 92.3 cm³/mol. The Labute approximate surface area is 145 Å². The molecule has 4 aliphatic rings. The number of nitrogens with zero attached hydrogens (tertiary/aromatic N) is 2. The molecule has 0 aromatic carbocycles. The summed E-state index contributed by atoms with van der Waals surface area (Å²) in [5.74, 6) is 1.06. The SMILES string of the molecule is CC1CCCCC12NC(=O)N(CN1CCCC3CCCCC31)C2=O. The van der Waals surface area contributed by atoms with Crippen LogP contribution in [0.2, 0.25) is 0 Å². The number of likely N-dealkylation sites (tertiary alicyclic amines) is 1. The van der Waals surface area contributed by atoms with Crippen molar-refractivity contribution in [3.8, 4) is 0 Å². The van der Waals surface area contributed by atoms with E-state index >= 15 is 0 Å². The summed E-state index contributed by atoms with van der Waals surface area (Å²) in [5.41, 5.74) is -0.614. The van der Waals surface area contributed by atoms with Crippen LogP contribution in [0.25, 0.3) is 0 Å². The first kappa shape index (κ1) is 16.4. The van der Waals surface area contributed by atoms with Crippen LogP contribution in [0.4, 0.5) is 4.79 Å². The molecule has 4 fully saturated rings. The average Bonchev–Trinajstić information content (AvgIpc) is 2.83. The normalized spacial score (nSPS) is 40.7. The second-order valence-electron chi connectivity index (χ2n) is 8.49. The molecule has 2 heterocycles. The molecule has 2 aliphatic carbocycles. The molecule has 5 nitrogen and oxygen atoms in total. The van der Waals surface area contributed by atoms with Gasteiger partial charge in [-0.05, 0) is 50.4 Å². The van der Waals surface area contributed by atoms with Gasteiger partial charge in [-0.25, -0.2) is 9.69 Å². The van der Waals surface area contributed by atoms with E-state index in [0.29, 0.717) is 12.7 Å². The molecule has 3 amide bonds. The van der Waals surface area contributed by atoms with E-state index < -0.39 is 5.54 Å². The second kappa shape index (κ2) is 6.32. The van der Waals surface area contributed by atoms with Crippen LogP contribution in [0.1, 0.15) is 71.1 Å². The van der Waals surface area contributed by atoms with E-state index in [4.69, 9.17) is 0 Å². The highest BCUT2D eigenvalue weighted by Crippen LogP contribution is 2.39. The Morgan fingerprint density at radius 2 is 1.79 bits per heavy atom. The number of amides is 3. The maximum Gasteiger partial charge on any atom is 0.326 e. The van der Waals surface area contributed by atoms with E-state index in [-0.39, 0.29) is 17.9 Å². The van der Waals surface area contributed by atoms with Gasteiger partial charge in [0.15, 0.2) is 0 Å². The van der Waals surface area contributed by atoms with Crippen molar-refractivity contribution in [3.63, 3.8) is 0 Å². The molecule has 134 valence electrons. The Balaban J connectivity index is 1.50. The number of imide groups is 1. The van der Waals surface area contributed by atoms with Gasteiger partial charge in [0, 0.05) is 12.6 Å². The van der Waals surface area contributed by atoms with E-state index in [1.807, 2.05) is 0 Å². The average molecular weight is 333 g/mol. The first-order valence-electron chi connectivity index (χ1n) is 10.00. The van der Waals surface area contributed by atoms with Crippen molar-refractivity contribution in [2.45, 2.75) is 82.7 Å². The lowest BCUT2D eigenvalue weighted by atomic mass is 9.73. The van der Waals surface area contributed by atoms with Crippen molar-refractivity contribution in [2.75, 3.05) is 13.2 Å². The molecule has 4 unspecified atom stereocenters. The molecule has 2 saturated carbocycles. The summed E-state index contributed by atoms with van der Waals surface area (Å²) in [6.45, 7) is 3.65. The third-order valence-corrected chi connectivity index (χ3v) is 7.18. The number of rotatable bonds is 2. The topological polar surface area (TPSA) is 52.7 Å². The van der Waals surface area contributed by atoms with Gasteiger partial charge in [-0.3, -0.25) is 9.69 Å². The second-order valence-corrected chi connectivity index (χ2v) is 8.49. The van der Waals surface area contributed by atoms with Crippen LogP contribution in [0, 0.1) is 11.8 Å². The van der Waals surface area contributed by atoms with E-state index in [0.717, 1.165) is 31.7 Å². The predicted octanol–water partition coefficient (Wildman–Crippen LogP) is 3.10. The zero-order valence-electron chi connectivity index (χ0n) is 14.9. The molecule has 1 N–H and O–H groups in total. The summed E-state index contributed by atoms with van der Waals surface area (Å²) in [6, 6.07) is 0.417. The number of fused-ring (bicyclic) bond motifs is 1. The van der Waals surface area contributed by atoms with Crippen molar-refractivity contribution < 1.29 is 9.59 Å². The molecule has 2 aliphatic heterocycles. The van der Waals surface area contributed by atoms with E-state index in [9.17, 15) is 9.59 Å². The van der Waals surface area contributed by atoms with Crippen LogP contribution in [0.3, 0.4) is 0 Å². The molecule has 0 bridgehead atoms. The maximum atomic E-state index is 13.2. The fourth-order valence-electron chi connectivity index (χ4n) is 5.71. The monoisotopic (exact) mass is 333 g/mol. The van der Waals surface area contributed by atoms with Gasteiger partial charge in [-0.2, -0.15) is 0 Å². The summed E-state index contributed by atoms with van der Waals surface area (Å²) < 4.78 is 0. The van der Waals surface area contributed by atoms with Crippen molar-refractivity contribution in [1.29, 1.82) is 0 Å². The minimum atomic E-state index is -0.614. The highest BCUT2D eigenvalue weighted by molar-refractivity contribution is 6.07. The molecule has 4 atom stereocenters. The smallest absolute Gasteiger partial charge is 0.323 e.